The van der Waals surface area contributed by atoms with Gasteiger partial charge in [0.1, 0.15) is 12.2 Å². The van der Waals surface area contributed by atoms with Crippen LogP contribution in [0.2, 0.25) is 0 Å². The number of benzene rings is 2. The van der Waals surface area contributed by atoms with Crippen molar-refractivity contribution in [3.63, 3.8) is 0 Å². The molecule has 4 rings (SSSR count). The molecule has 2 fully saturated rings. The van der Waals surface area contributed by atoms with E-state index < -0.39 is 11.9 Å². The Balaban J connectivity index is 1.64. The van der Waals surface area contributed by atoms with Crippen LogP contribution in [0.5, 0.6) is 0 Å². The lowest BCUT2D eigenvalue weighted by molar-refractivity contribution is -0.0211. The lowest BCUT2D eigenvalue weighted by Gasteiger charge is -2.37. The Hall–Kier alpha value is -2.36. The van der Waals surface area contributed by atoms with Crippen molar-refractivity contribution in [1.82, 2.24) is 0 Å². The summed E-state index contributed by atoms with van der Waals surface area (Å²) in [5, 5.41) is 1.84. The van der Waals surface area contributed by atoms with Gasteiger partial charge in [0, 0.05) is 0 Å². The Morgan fingerprint density at radius 2 is 1.08 bits per heavy atom. The highest BCUT2D eigenvalue weighted by molar-refractivity contribution is 6.07. The van der Waals surface area contributed by atoms with E-state index in [2.05, 4.69) is 41.5 Å². The summed E-state index contributed by atoms with van der Waals surface area (Å²) >= 11 is 0. The van der Waals surface area contributed by atoms with Crippen LogP contribution in [-0.4, -0.2) is 24.1 Å². The van der Waals surface area contributed by atoms with Crippen molar-refractivity contribution in [1.29, 1.82) is 0 Å². The molecule has 2 saturated carbocycles. The molecule has 4 heteroatoms. The fourth-order valence-electron chi connectivity index (χ4n) is 6.48. The first-order chi connectivity index (χ1) is 17.1. The molecule has 2 aromatic rings. The number of carbonyl (C=O) groups excluding carboxylic acids is 2. The number of carbonyl (C=O) groups is 2. The molecule has 2 aliphatic rings. The van der Waals surface area contributed by atoms with Gasteiger partial charge in [0.25, 0.3) is 0 Å². The first kappa shape index (κ1) is 26.7. The van der Waals surface area contributed by atoms with Crippen LogP contribution in [0.1, 0.15) is 101 Å². The molecule has 4 nitrogen and oxygen atoms in total. The Morgan fingerprint density at radius 3 is 1.44 bits per heavy atom. The molecular weight excluding hydrogens is 448 g/mol. The van der Waals surface area contributed by atoms with Gasteiger partial charge in [0.05, 0.1) is 11.1 Å². The van der Waals surface area contributed by atoms with E-state index in [4.69, 9.17) is 9.47 Å². The quantitative estimate of drug-likeness (QED) is 0.383. The van der Waals surface area contributed by atoms with Gasteiger partial charge in [-0.15, -0.1) is 0 Å². The van der Waals surface area contributed by atoms with Crippen molar-refractivity contribution in [2.75, 3.05) is 0 Å². The molecule has 0 amide bonds. The molecule has 0 radical (unpaired) electrons. The standard InChI is InChI=1S/C32H44O4/c1-19(2)25-13-11-21(5)15-29(25)35-31(33)27-17-23-9-7-8-10-24(23)18-28(27)32(34)36-30-16-22(6)12-14-26(30)20(3)4/h7-10,17-22,25-26,29-30H,11-16H2,1-6H3/t21-,22-,25+,26+,29-,30-/m1/s1. The van der Waals surface area contributed by atoms with E-state index in [1.165, 1.54) is 12.8 Å². The summed E-state index contributed by atoms with van der Waals surface area (Å²) in [5.74, 6) is 1.81. The van der Waals surface area contributed by atoms with E-state index in [0.29, 0.717) is 46.6 Å². The Kier molecular flexibility index (Phi) is 8.42. The molecule has 196 valence electrons. The van der Waals surface area contributed by atoms with E-state index in [1.807, 2.05) is 36.4 Å². The second kappa shape index (κ2) is 11.4. The largest absolute Gasteiger partial charge is 0.458 e. The SMILES string of the molecule is CC(C)[C@@H]1CC[C@@H](C)C[C@H]1OC(=O)c1cc2ccccc2cc1C(=O)O[C@@H]1C[C@H](C)CC[C@H]1C(C)C. The Labute approximate surface area is 217 Å². The van der Waals surface area contributed by atoms with Crippen molar-refractivity contribution >= 4 is 22.7 Å². The second-order valence-corrected chi connectivity index (χ2v) is 12.3. The molecule has 0 spiro atoms. The highest BCUT2D eigenvalue weighted by atomic mass is 16.6. The first-order valence-electron chi connectivity index (χ1n) is 14.1. The van der Waals surface area contributed by atoms with Crippen LogP contribution in [0.4, 0.5) is 0 Å². The summed E-state index contributed by atoms with van der Waals surface area (Å²) in [4.78, 5) is 27.3. The lowest BCUT2D eigenvalue weighted by Crippen LogP contribution is -2.37. The topological polar surface area (TPSA) is 52.6 Å². The van der Waals surface area contributed by atoms with Crippen LogP contribution < -0.4 is 0 Å². The second-order valence-electron chi connectivity index (χ2n) is 12.3. The Morgan fingerprint density at radius 1 is 0.694 bits per heavy atom. The van der Waals surface area contributed by atoms with Crippen molar-refractivity contribution in [2.24, 2.45) is 35.5 Å². The molecule has 0 unspecified atom stereocenters. The molecule has 6 atom stereocenters. The highest BCUT2D eigenvalue weighted by Crippen LogP contribution is 2.38. The van der Waals surface area contributed by atoms with Gasteiger partial charge >= 0.3 is 11.9 Å². The third-order valence-electron chi connectivity index (χ3n) is 8.77. The summed E-state index contributed by atoms with van der Waals surface area (Å²) < 4.78 is 12.4. The van der Waals surface area contributed by atoms with Crippen LogP contribution >= 0.6 is 0 Å². The number of fused-ring (bicyclic) bond motifs is 1. The molecule has 0 saturated heterocycles. The number of esters is 2. The molecule has 0 N–H and O–H groups in total. The molecule has 0 aromatic heterocycles. The van der Waals surface area contributed by atoms with Crippen molar-refractivity contribution < 1.29 is 19.1 Å². The van der Waals surface area contributed by atoms with E-state index in [0.717, 1.165) is 36.5 Å². The van der Waals surface area contributed by atoms with Gasteiger partial charge in [-0.25, -0.2) is 9.59 Å². The van der Waals surface area contributed by atoms with Crippen LogP contribution in [0.15, 0.2) is 36.4 Å². The summed E-state index contributed by atoms with van der Waals surface area (Å²) in [6, 6.07) is 11.5. The smallest absolute Gasteiger partial charge is 0.339 e. The fourth-order valence-corrected chi connectivity index (χ4v) is 6.48. The minimum absolute atomic E-state index is 0.124. The van der Waals surface area contributed by atoms with Gasteiger partial charge < -0.3 is 9.47 Å². The minimum Gasteiger partial charge on any atom is -0.458 e. The summed E-state index contributed by atoms with van der Waals surface area (Å²) in [6.07, 6.45) is 5.97. The molecular formula is C32H44O4. The zero-order chi connectivity index (χ0) is 26.0. The lowest BCUT2D eigenvalue weighted by atomic mass is 9.75. The van der Waals surface area contributed by atoms with Gasteiger partial charge in [0.15, 0.2) is 0 Å². The van der Waals surface area contributed by atoms with Crippen LogP contribution in [0.3, 0.4) is 0 Å². The van der Waals surface area contributed by atoms with E-state index in [-0.39, 0.29) is 12.2 Å². The fraction of sp³-hybridized carbons (Fsp3) is 0.625. The van der Waals surface area contributed by atoms with Crippen LogP contribution in [-0.2, 0) is 9.47 Å². The maximum absolute atomic E-state index is 13.6. The van der Waals surface area contributed by atoms with Crippen LogP contribution in [0.25, 0.3) is 10.8 Å². The number of hydrogen-bond donors (Lipinski definition) is 0. The highest BCUT2D eigenvalue weighted by Gasteiger charge is 2.36. The Bertz CT molecular complexity index is 987. The molecule has 0 heterocycles. The van der Waals surface area contributed by atoms with Crippen molar-refractivity contribution in [3.05, 3.63) is 47.5 Å². The van der Waals surface area contributed by atoms with E-state index in [9.17, 15) is 9.59 Å². The van der Waals surface area contributed by atoms with Gasteiger partial charge in [-0.2, -0.15) is 0 Å². The molecule has 0 aliphatic heterocycles. The van der Waals surface area contributed by atoms with Crippen molar-refractivity contribution in [3.8, 4) is 0 Å². The molecule has 36 heavy (non-hydrogen) atoms. The van der Waals surface area contributed by atoms with Gasteiger partial charge in [-0.3, -0.25) is 0 Å². The third kappa shape index (κ3) is 5.95. The first-order valence-corrected chi connectivity index (χ1v) is 14.1. The maximum Gasteiger partial charge on any atom is 0.339 e. The van der Waals surface area contributed by atoms with E-state index >= 15 is 0 Å². The average molecular weight is 493 g/mol. The average Bonchev–Trinajstić information content (AvgIpc) is 2.82. The summed E-state index contributed by atoms with van der Waals surface area (Å²) in [7, 11) is 0. The normalized spacial score (nSPS) is 28.9. The number of rotatable bonds is 6. The predicted molar refractivity (Wildman–Crippen MR) is 145 cm³/mol. The number of hydrogen-bond acceptors (Lipinski definition) is 4. The van der Waals surface area contributed by atoms with Gasteiger partial charge in [0.2, 0.25) is 0 Å². The van der Waals surface area contributed by atoms with E-state index in [1.54, 1.807) is 0 Å². The molecule has 0 bridgehead atoms. The van der Waals surface area contributed by atoms with Crippen molar-refractivity contribution in [2.45, 2.75) is 92.3 Å². The zero-order valence-corrected chi connectivity index (χ0v) is 23.0. The monoisotopic (exact) mass is 492 g/mol. The number of ether oxygens (including phenoxy) is 2. The molecule has 2 aromatic carbocycles. The third-order valence-corrected chi connectivity index (χ3v) is 8.77. The summed E-state index contributed by atoms with van der Waals surface area (Å²) in [6.45, 7) is 13.3. The maximum atomic E-state index is 13.6. The minimum atomic E-state index is -0.408. The summed E-state index contributed by atoms with van der Waals surface area (Å²) in [5.41, 5.74) is 0.647. The van der Waals surface area contributed by atoms with Gasteiger partial charge in [-0.1, -0.05) is 78.6 Å². The van der Waals surface area contributed by atoms with Gasteiger partial charge in [-0.05, 0) is 84.1 Å². The molecule has 2 aliphatic carbocycles. The predicted octanol–water partition coefficient (Wildman–Crippen LogP) is 8.08. The van der Waals surface area contributed by atoms with Crippen LogP contribution in [0, 0.1) is 35.5 Å². The zero-order valence-electron chi connectivity index (χ0n) is 23.0.